The summed E-state index contributed by atoms with van der Waals surface area (Å²) in [5, 5.41) is 4.14. The number of para-hydroxylation sites is 1. The number of carbonyl (C=O) groups excluding carboxylic acids is 3. The number of benzene rings is 1. The average molecular weight is 470 g/mol. The smallest absolute Gasteiger partial charge is 0.226 e. The number of fused-ring (bicyclic) bond motifs is 2. The molecule has 1 aliphatic heterocycles. The summed E-state index contributed by atoms with van der Waals surface area (Å²) in [7, 11) is 0. The number of nitrogens with zero attached hydrogens (tertiary/aromatic N) is 4. The number of ketones is 1. The Labute approximate surface area is 193 Å². The van der Waals surface area contributed by atoms with Crippen molar-refractivity contribution in [2.24, 2.45) is 5.92 Å². The molecule has 2 aliphatic rings. The standard InChI is InChI=1S/C22H23N5O3S2/c1-2-18(29)25-21-23-15-11-13(12-16(28)19(15)32-21)20(30)26-7-9-27(10-8-26)22-24-14-5-3-4-6-17(14)31-22/h3-6,13H,2,7-12H2,1H3,(H,23,25,29)/t13-/m1/s1. The lowest BCUT2D eigenvalue weighted by Gasteiger charge is -2.36. The highest BCUT2D eigenvalue weighted by molar-refractivity contribution is 7.22. The first-order valence-corrected chi connectivity index (χ1v) is 12.4. The Morgan fingerprint density at radius 3 is 2.62 bits per heavy atom. The second kappa shape index (κ2) is 8.59. The molecule has 0 bridgehead atoms. The fourth-order valence-electron chi connectivity index (χ4n) is 4.14. The van der Waals surface area contributed by atoms with Crippen LogP contribution in [0.4, 0.5) is 10.3 Å². The van der Waals surface area contributed by atoms with Crippen molar-refractivity contribution in [3.05, 3.63) is 34.8 Å². The molecule has 1 saturated heterocycles. The van der Waals surface area contributed by atoms with E-state index in [-0.39, 0.29) is 29.9 Å². The third-order valence-corrected chi connectivity index (χ3v) is 8.03. The lowest BCUT2D eigenvalue weighted by atomic mass is 9.88. The van der Waals surface area contributed by atoms with Gasteiger partial charge in [-0.3, -0.25) is 14.4 Å². The van der Waals surface area contributed by atoms with Crippen molar-refractivity contribution in [1.29, 1.82) is 0 Å². The lowest BCUT2D eigenvalue weighted by Crippen LogP contribution is -2.51. The van der Waals surface area contributed by atoms with Crippen molar-refractivity contribution in [2.45, 2.75) is 26.2 Å². The zero-order chi connectivity index (χ0) is 22.2. The average Bonchev–Trinajstić information content (AvgIpc) is 3.42. The van der Waals surface area contributed by atoms with Gasteiger partial charge in [-0.15, -0.1) is 0 Å². The van der Waals surface area contributed by atoms with Gasteiger partial charge in [0.2, 0.25) is 11.8 Å². The highest BCUT2D eigenvalue weighted by atomic mass is 32.1. The van der Waals surface area contributed by atoms with E-state index >= 15 is 0 Å². The molecule has 1 atom stereocenters. The number of nitrogens with one attached hydrogen (secondary N) is 1. The minimum absolute atomic E-state index is 0.0140. The molecule has 0 saturated carbocycles. The van der Waals surface area contributed by atoms with E-state index in [1.54, 1.807) is 18.3 Å². The molecule has 3 heterocycles. The van der Waals surface area contributed by atoms with Crippen LogP contribution in [-0.2, 0) is 16.0 Å². The molecule has 10 heteroatoms. The van der Waals surface area contributed by atoms with Crippen LogP contribution in [0.1, 0.15) is 35.1 Å². The number of amides is 2. The molecule has 0 spiro atoms. The van der Waals surface area contributed by atoms with Crippen LogP contribution < -0.4 is 10.2 Å². The van der Waals surface area contributed by atoms with Gasteiger partial charge in [-0.25, -0.2) is 9.97 Å². The number of Topliss-reactive ketones (excluding diaryl/α,β-unsaturated/α-hetero) is 1. The van der Waals surface area contributed by atoms with E-state index in [2.05, 4.69) is 21.3 Å². The van der Waals surface area contributed by atoms with Gasteiger partial charge in [0.15, 0.2) is 16.0 Å². The summed E-state index contributed by atoms with van der Waals surface area (Å²) in [6.45, 7) is 4.43. The third-order valence-electron chi connectivity index (χ3n) is 5.88. The Morgan fingerprint density at radius 1 is 1.09 bits per heavy atom. The molecule has 2 amide bonds. The molecule has 2 aromatic heterocycles. The first kappa shape index (κ1) is 21.0. The van der Waals surface area contributed by atoms with Gasteiger partial charge in [0.25, 0.3) is 0 Å². The molecule has 1 fully saturated rings. The predicted molar refractivity (Wildman–Crippen MR) is 126 cm³/mol. The summed E-state index contributed by atoms with van der Waals surface area (Å²) >= 11 is 2.88. The third kappa shape index (κ3) is 4.00. The van der Waals surface area contributed by atoms with E-state index in [9.17, 15) is 14.4 Å². The fraction of sp³-hybridized carbons (Fsp3) is 0.409. The summed E-state index contributed by atoms with van der Waals surface area (Å²) in [6.07, 6.45) is 0.992. The minimum atomic E-state index is -0.388. The summed E-state index contributed by atoms with van der Waals surface area (Å²) in [5.74, 6) is -0.574. The second-order valence-corrected chi connectivity index (χ2v) is 10.0. The number of anilines is 2. The Kier molecular flexibility index (Phi) is 5.64. The maximum atomic E-state index is 13.2. The van der Waals surface area contributed by atoms with E-state index in [1.807, 2.05) is 23.1 Å². The lowest BCUT2D eigenvalue weighted by molar-refractivity contribution is -0.135. The van der Waals surface area contributed by atoms with Gasteiger partial charge in [0.05, 0.1) is 26.7 Å². The molecule has 1 N–H and O–H groups in total. The predicted octanol–water partition coefficient (Wildman–Crippen LogP) is 3.20. The number of carbonyl (C=O) groups is 3. The Bertz CT molecular complexity index is 1160. The van der Waals surface area contributed by atoms with Gasteiger partial charge < -0.3 is 15.1 Å². The minimum Gasteiger partial charge on any atom is -0.345 e. The van der Waals surface area contributed by atoms with Crippen LogP contribution in [0.5, 0.6) is 0 Å². The van der Waals surface area contributed by atoms with Crippen LogP contribution >= 0.6 is 22.7 Å². The van der Waals surface area contributed by atoms with Crippen LogP contribution in [0.25, 0.3) is 10.2 Å². The van der Waals surface area contributed by atoms with Gasteiger partial charge in [0, 0.05) is 45.4 Å². The molecule has 166 valence electrons. The Balaban J connectivity index is 1.23. The van der Waals surface area contributed by atoms with Crippen molar-refractivity contribution < 1.29 is 14.4 Å². The topological polar surface area (TPSA) is 95.5 Å². The summed E-state index contributed by atoms with van der Waals surface area (Å²) < 4.78 is 1.16. The normalized spacial score (nSPS) is 18.7. The zero-order valence-corrected chi connectivity index (χ0v) is 19.3. The zero-order valence-electron chi connectivity index (χ0n) is 17.7. The van der Waals surface area contributed by atoms with Gasteiger partial charge in [-0.05, 0) is 12.1 Å². The molecule has 5 rings (SSSR count). The van der Waals surface area contributed by atoms with Crippen LogP contribution in [-0.4, -0.2) is 58.6 Å². The van der Waals surface area contributed by atoms with Gasteiger partial charge in [-0.1, -0.05) is 41.7 Å². The van der Waals surface area contributed by atoms with Crippen LogP contribution in [0, 0.1) is 5.92 Å². The maximum Gasteiger partial charge on any atom is 0.226 e. The van der Waals surface area contributed by atoms with Crippen LogP contribution in [0.15, 0.2) is 24.3 Å². The van der Waals surface area contributed by atoms with E-state index in [4.69, 9.17) is 4.98 Å². The largest absolute Gasteiger partial charge is 0.345 e. The monoisotopic (exact) mass is 469 g/mol. The van der Waals surface area contributed by atoms with E-state index in [1.165, 1.54) is 11.3 Å². The molecule has 3 aromatic rings. The molecule has 0 unspecified atom stereocenters. The number of piperazine rings is 1. The van der Waals surface area contributed by atoms with Crippen molar-refractivity contribution in [3.63, 3.8) is 0 Å². The van der Waals surface area contributed by atoms with Crippen LogP contribution in [0.3, 0.4) is 0 Å². The highest BCUT2D eigenvalue weighted by Crippen LogP contribution is 2.34. The van der Waals surface area contributed by atoms with Crippen molar-refractivity contribution in [2.75, 3.05) is 36.4 Å². The second-order valence-electron chi connectivity index (χ2n) is 8.00. The first-order valence-electron chi connectivity index (χ1n) is 10.7. The molecule has 1 aromatic carbocycles. The first-order chi connectivity index (χ1) is 15.5. The summed E-state index contributed by atoms with van der Waals surface area (Å²) in [6, 6.07) is 8.09. The SMILES string of the molecule is CCC(=O)Nc1nc2c(s1)C(=O)C[C@H](C(=O)N1CCN(c3nc4ccccc4s3)CC1)C2. The van der Waals surface area contributed by atoms with Gasteiger partial charge in [0.1, 0.15) is 0 Å². The number of hydrogen-bond donors (Lipinski definition) is 1. The highest BCUT2D eigenvalue weighted by Gasteiger charge is 2.36. The molecule has 0 radical (unpaired) electrons. The van der Waals surface area contributed by atoms with Crippen LogP contribution in [0.2, 0.25) is 0 Å². The van der Waals surface area contributed by atoms with Gasteiger partial charge in [-0.2, -0.15) is 0 Å². The molecule has 8 nitrogen and oxygen atoms in total. The number of hydrogen-bond acceptors (Lipinski definition) is 8. The Morgan fingerprint density at radius 2 is 1.88 bits per heavy atom. The van der Waals surface area contributed by atoms with E-state index in [0.29, 0.717) is 41.6 Å². The number of aromatic nitrogens is 2. The molecular formula is C22H23N5O3S2. The maximum absolute atomic E-state index is 13.2. The van der Waals surface area contributed by atoms with Crippen molar-refractivity contribution in [3.8, 4) is 0 Å². The summed E-state index contributed by atoms with van der Waals surface area (Å²) in [4.78, 5) is 51.2. The Hall–Kier alpha value is -2.85. The van der Waals surface area contributed by atoms with Gasteiger partial charge >= 0.3 is 0 Å². The van der Waals surface area contributed by atoms with Crippen molar-refractivity contribution >= 4 is 60.8 Å². The molecule has 32 heavy (non-hydrogen) atoms. The summed E-state index contributed by atoms with van der Waals surface area (Å²) in [5.41, 5.74) is 1.63. The molecular weight excluding hydrogens is 446 g/mol. The fourth-order valence-corrected chi connectivity index (χ4v) is 6.11. The van der Waals surface area contributed by atoms with E-state index < -0.39 is 0 Å². The quantitative estimate of drug-likeness (QED) is 0.631. The molecule has 1 aliphatic carbocycles. The van der Waals surface area contributed by atoms with E-state index in [0.717, 1.165) is 28.4 Å². The number of thiazole rings is 2. The number of rotatable bonds is 4. The van der Waals surface area contributed by atoms with Crippen molar-refractivity contribution in [1.82, 2.24) is 14.9 Å².